The highest BCUT2D eigenvalue weighted by Crippen LogP contribution is 2.37. The van der Waals surface area contributed by atoms with Gasteiger partial charge in [0.25, 0.3) is 0 Å². The minimum absolute atomic E-state index is 0.0150. The van der Waals surface area contributed by atoms with Gasteiger partial charge in [0.15, 0.2) is 0 Å². The average molecular weight is 296 g/mol. The van der Waals surface area contributed by atoms with E-state index in [1.165, 1.54) is 17.0 Å². The first-order valence-corrected chi connectivity index (χ1v) is 6.16. The molecular weight excluding hydrogens is 286 g/mol. The lowest BCUT2D eigenvalue weighted by molar-refractivity contribution is -0.383. The summed E-state index contributed by atoms with van der Waals surface area (Å²) in [5.41, 5.74) is 8.17. The van der Waals surface area contributed by atoms with E-state index in [0.29, 0.717) is 0 Å². The summed E-state index contributed by atoms with van der Waals surface area (Å²) in [6, 6.07) is 4.44. The van der Waals surface area contributed by atoms with Crippen LogP contribution in [0.1, 0.15) is 6.42 Å². The van der Waals surface area contributed by atoms with Crippen LogP contribution in [0.15, 0.2) is 23.3 Å². The molecule has 0 spiro atoms. The van der Waals surface area contributed by atoms with E-state index in [0.717, 1.165) is 0 Å². The van der Waals surface area contributed by atoms with E-state index in [-0.39, 0.29) is 47.7 Å². The Labute approximate surface area is 118 Å². The number of nitrogens with zero attached hydrogens (tertiary/aromatic N) is 5. The molecule has 9 heteroatoms. The minimum Gasteiger partial charge on any atom is -0.306 e. The van der Waals surface area contributed by atoms with Crippen molar-refractivity contribution in [1.29, 1.82) is 0 Å². The van der Waals surface area contributed by atoms with E-state index >= 15 is 0 Å². The van der Waals surface area contributed by atoms with E-state index < -0.39 is 4.92 Å². The van der Waals surface area contributed by atoms with E-state index in [2.05, 4.69) is 10.0 Å². The van der Waals surface area contributed by atoms with Gasteiger partial charge in [-0.25, -0.2) is 0 Å². The zero-order valence-corrected chi connectivity index (χ0v) is 11.0. The molecule has 1 amide bonds. The standard InChI is InChI=1S/C11H10ClN5O3/c12-8-2-1-3-9(11(8)17(19)20)16-6-7(4-10(16)18)5-14-15-13/h1-3,7H,4-6H2. The fourth-order valence-electron chi connectivity index (χ4n) is 2.19. The van der Waals surface area contributed by atoms with Crippen molar-refractivity contribution in [1.82, 2.24) is 0 Å². The Morgan fingerprint density at radius 2 is 2.35 bits per heavy atom. The number of hydrogen-bond donors (Lipinski definition) is 0. The fraction of sp³-hybridized carbons (Fsp3) is 0.364. The molecule has 1 fully saturated rings. The van der Waals surface area contributed by atoms with Crippen molar-refractivity contribution in [2.45, 2.75) is 6.42 Å². The highest BCUT2D eigenvalue weighted by atomic mass is 35.5. The SMILES string of the molecule is [N-]=[N+]=NCC1CC(=O)N(c2cccc(Cl)c2[N+](=O)[O-])C1. The highest BCUT2D eigenvalue weighted by Gasteiger charge is 2.34. The zero-order valence-electron chi connectivity index (χ0n) is 10.3. The molecule has 0 radical (unpaired) electrons. The summed E-state index contributed by atoms with van der Waals surface area (Å²) >= 11 is 5.82. The number of nitro groups is 1. The summed E-state index contributed by atoms with van der Waals surface area (Å²) in [6.07, 6.45) is 0.197. The average Bonchev–Trinajstić information content (AvgIpc) is 2.76. The molecule has 2 rings (SSSR count). The Bertz CT molecular complexity index is 614. The van der Waals surface area contributed by atoms with Gasteiger partial charge in [-0.15, -0.1) is 0 Å². The third kappa shape index (κ3) is 2.66. The number of carbonyl (C=O) groups is 1. The Balaban J connectivity index is 2.33. The molecule has 0 aliphatic carbocycles. The second-order valence-electron chi connectivity index (χ2n) is 4.35. The van der Waals surface area contributed by atoms with E-state index in [1.807, 2.05) is 0 Å². The van der Waals surface area contributed by atoms with Crippen molar-refractivity contribution in [3.8, 4) is 0 Å². The molecule has 1 heterocycles. The van der Waals surface area contributed by atoms with Crippen LogP contribution in [0.3, 0.4) is 0 Å². The van der Waals surface area contributed by atoms with Gasteiger partial charge in [0.05, 0.1) is 4.92 Å². The zero-order chi connectivity index (χ0) is 14.7. The van der Waals surface area contributed by atoms with Gasteiger partial charge in [-0.2, -0.15) is 0 Å². The molecular formula is C11H10ClN5O3. The number of amides is 1. The van der Waals surface area contributed by atoms with Crippen LogP contribution in [0.25, 0.3) is 10.4 Å². The molecule has 0 N–H and O–H groups in total. The third-order valence-corrected chi connectivity index (χ3v) is 3.35. The molecule has 1 aromatic rings. The molecule has 1 aliphatic rings. The van der Waals surface area contributed by atoms with Crippen LogP contribution >= 0.6 is 11.6 Å². The van der Waals surface area contributed by atoms with Crippen LogP contribution in [-0.4, -0.2) is 23.9 Å². The van der Waals surface area contributed by atoms with Gasteiger partial charge in [-0.3, -0.25) is 14.9 Å². The van der Waals surface area contributed by atoms with E-state index in [4.69, 9.17) is 17.1 Å². The number of carbonyl (C=O) groups excluding carboxylic acids is 1. The van der Waals surface area contributed by atoms with Crippen LogP contribution in [0.5, 0.6) is 0 Å². The normalized spacial score (nSPS) is 17.9. The molecule has 20 heavy (non-hydrogen) atoms. The largest absolute Gasteiger partial charge is 0.311 e. The second-order valence-corrected chi connectivity index (χ2v) is 4.76. The van der Waals surface area contributed by atoms with Crippen LogP contribution in [0, 0.1) is 16.0 Å². The van der Waals surface area contributed by atoms with Gasteiger partial charge in [-0.05, 0) is 23.6 Å². The van der Waals surface area contributed by atoms with E-state index in [9.17, 15) is 14.9 Å². The Kier molecular flexibility index (Phi) is 4.07. The maximum atomic E-state index is 12.0. The van der Waals surface area contributed by atoms with E-state index in [1.54, 1.807) is 6.07 Å². The molecule has 1 aliphatic heterocycles. The Morgan fingerprint density at radius 3 is 3.00 bits per heavy atom. The van der Waals surface area contributed by atoms with Crippen LogP contribution in [-0.2, 0) is 4.79 Å². The summed E-state index contributed by atoms with van der Waals surface area (Å²) in [4.78, 5) is 26.4. The van der Waals surface area contributed by atoms with Crippen molar-refractivity contribution in [2.75, 3.05) is 18.0 Å². The first-order chi connectivity index (χ1) is 9.54. The van der Waals surface area contributed by atoms with Crippen LogP contribution in [0.2, 0.25) is 5.02 Å². The quantitative estimate of drug-likeness (QED) is 0.280. The number of para-hydroxylation sites is 1. The lowest BCUT2D eigenvalue weighted by Crippen LogP contribution is -2.25. The molecule has 0 aromatic heterocycles. The summed E-state index contributed by atoms with van der Waals surface area (Å²) in [6.45, 7) is 0.464. The van der Waals surface area contributed by atoms with Crippen molar-refractivity contribution in [2.24, 2.45) is 11.0 Å². The predicted octanol–water partition coefficient (Wildman–Crippen LogP) is 2.91. The molecule has 1 aromatic carbocycles. The fourth-order valence-corrected chi connectivity index (χ4v) is 2.43. The van der Waals surface area contributed by atoms with Crippen molar-refractivity contribution < 1.29 is 9.72 Å². The summed E-state index contributed by atoms with van der Waals surface area (Å²) < 4.78 is 0. The van der Waals surface area contributed by atoms with Crippen LogP contribution < -0.4 is 4.90 Å². The Morgan fingerprint density at radius 1 is 1.60 bits per heavy atom. The van der Waals surface area contributed by atoms with Gasteiger partial charge in [-0.1, -0.05) is 22.8 Å². The van der Waals surface area contributed by atoms with Crippen molar-refractivity contribution in [3.05, 3.63) is 43.8 Å². The number of benzene rings is 1. The second kappa shape index (κ2) is 5.77. The number of anilines is 1. The Hall–Kier alpha value is -2.31. The van der Waals surface area contributed by atoms with Crippen LogP contribution in [0.4, 0.5) is 11.4 Å². The molecule has 1 atom stereocenters. The molecule has 0 bridgehead atoms. The van der Waals surface area contributed by atoms with Gasteiger partial charge < -0.3 is 4.90 Å². The number of azide groups is 1. The smallest absolute Gasteiger partial charge is 0.306 e. The van der Waals surface area contributed by atoms with Gasteiger partial charge in [0.1, 0.15) is 10.7 Å². The predicted molar refractivity (Wildman–Crippen MR) is 72.6 cm³/mol. The summed E-state index contributed by atoms with van der Waals surface area (Å²) in [5.74, 6) is -0.384. The minimum atomic E-state index is -0.605. The van der Waals surface area contributed by atoms with Crippen molar-refractivity contribution in [3.63, 3.8) is 0 Å². The van der Waals surface area contributed by atoms with Gasteiger partial charge in [0.2, 0.25) is 5.91 Å². The first kappa shape index (κ1) is 14.1. The van der Waals surface area contributed by atoms with Gasteiger partial charge in [0, 0.05) is 24.4 Å². The number of rotatable bonds is 4. The molecule has 8 nitrogen and oxygen atoms in total. The molecule has 1 unspecified atom stereocenters. The topological polar surface area (TPSA) is 112 Å². The molecule has 104 valence electrons. The lowest BCUT2D eigenvalue weighted by Gasteiger charge is -2.16. The maximum Gasteiger partial charge on any atom is 0.311 e. The summed E-state index contributed by atoms with van der Waals surface area (Å²) in [5, 5.41) is 14.5. The lowest BCUT2D eigenvalue weighted by atomic mass is 10.1. The maximum absolute atomic E-state index is 12.0. The number of nitro benzene ring substituents is 1. The number of halogens is 1. The van der Waals surface area contributed by atoms with Gasteiger partial charge >= 0.3 is 5.69 Å². The monoisotopic (exact) mass is 295 g/mol. The third-order valence-electron chi connectivity index (χ3n) is 3.05. The van der Waals surface area contributed by atoms with Crippen molar-refractivity contribution >= 4 is 28.9 Å². The summed E-state index contributed by atoms with van der Waals surface area (Å²) in [7, 11) is 0. The molecule has 0 saturated carbocycles. The first-order valence-electron chi connectivity index (χ1n) is 5.78. The highest BCUT2D eigenvalue weighted by molar-refractivity contribution is 6.33. The molecule has 1 saturated heterocycles. The number of hydrogen-bond acceptors (Lipinski definition) is 4.